The zero-order chi connectivity index (χ0) is 13.4. The minimum atomic E-state index is 0.133. The average molecular weight is 254 g/mol. The number of aliphatic hydroxyl groups is 1. The van der Waals surface area contributed by atoms with Crippen molar-refractivity contribution in [1.29, 1.82) is 0 Å². The molecule has 104 valence electrons. The standard InChI is InChI=1S/C13H26N4O/c1-4-12(2)16(3)6-5-14-9-13-10-15-17(11-13)7-8-18/h10-12,14,18H,4-9H2,1-3H3. The van der Waals surface area contributed by atoms with Crippen molar-refractivity contribution in [2.45, 2.75) is 39.4 Å². The molecule has 5 nitrogen and oxygen atoms in total. The zero-order valence-electron chi connectivity index (χ0n) is 11.8. The first kappa shape index (κ1) is 15.1. The number of hydrogen-bond donors (Lipinski definition) is 2. The molecule has 0 aliphatic carbocycles. The Morgan fingerprint density at radius 3 is 3.00 bits per heavy atom. The van der Waals surface area contributed by atoms with E-state index < -0.39 is 0 Å². The van der Waals surface area contributed by atoms with Crippen molar-refractivity contribution >= 4 is 0 Å². The molecule has 1 heterocycles. The number of hydrogen-bond acceptors (Lipinski definition) is 4. The first-order valence-electron chi connectivity index (χ1n) is 6.70. The molecule has 1 aromatic heterocycles. The van der Waals surface area contributed by atoms with Crippen LogP contribution in [0.1, 0.15) is 25.8 Å². The van der Waals surface area contributed by atoms with Gasteiger partial charge in [-0.1, -0.05) is 6.92 Å². The molecule has 18 heavy (non-hydrogen) atoms. The van der Waals surface area contributed by atoms with E-state index in [4.69, 9.17) is 5.11 Å². The SMILES string of the molecule is CCC(C)N(C)CCNCc1cnn(CCO)c1. The molecule has 0 spiro atoms. The largest absolute Gasteiger partial charge is 0.394 e. The van der Waals surface area contributed by atoms with E-state index in [1.54, 1.807) is 4.68 Å². The van der Waals surface area contributed by atoms with E-state index in [2.05, 4.69) is 36.2 Å². The second kappa shape index (κ2) is 8.24. The van der Waals surface area contributed by atoms with Crippen LogP contribution in [0.15, 0.2) is 12.4 Å². The molecule has 5 heteroatoms. The lowest BCUT2D eigenvalue weighted by atomic mass is 10.2. The topological polar surface area (TPSA) is 53.3 Å². The summed E-state index contributed by atoms with van der Waals surface area (Å²) in [4.78, 5) is 2.36. The lowest BCUT2D eigenvalue weighted by Crippen LogP contribution is -2.34. The number of nitrogens with zero attached hydrogens (tertiary/aromatic N) is 3. The molecule has 0 amide bonds. The second-order valence-electron chi connectivity index (χ2n) is 4.75. The van der Waals surface area contributed by atoms with E-state index in [9.17, 15) is 0 Å². The lowest BCUT2D eigenvalue weighted by Gasteiger charge is -2.23. The van der Waals surface area contributed by atoms with Crippen LogP contribution in [0.4, 0.5) is 0 Å². The summed E-state index contributed by atoms with van der Waals surface area (Å²) in [6.45, 7) is 8.03. The molecule has 0 aliphatic heterocycles. The lowest BCUT2D eigenvalue weighted by molar-refractivity contribution is 0.251. The third-order valence-corrected chi connectivity index (χ3v) is 3.33. The summed E-state index contributed by atoms with van der Waals surface area (Å²) in [5.41, 5.74) is 1.16. The van der Waals surface area contributed by atoms with Crippen LogP contribution < -0.4 is 5.32 Å². The highest BCUT2D eigenvalue weighted by atomic mass is 16.3. The maximum absolute atomic E-state index is 8.80. The molecule has 2 N–H and O–H groups in total. The average Bonchev–Trinajstić information content (AvgIpc) is 2.81. The van der Waals surface area contributed by atoms with Gasteiger partial charge in [0.25, 0.3) is 0 Å². The predicted molar refractivity (Wildman–Crippen MR) is 73.4 cm³/mol. The molecular formula is C13H26N4O. The van der Waals surface area contributed by atoms with Gasteiger partial charge in [-0.25, -0.2) is 0 Å². The summed E-state index contributed by atoms with van der Waals surface area (Å²) in [6.07, 6.45) is 5.01. The molecule has 1 rings (SSSR count). The predicted octanol–water partition coefficient (Wildman–Crippen LogP) is 0.695. The molecule has 0 aromatic carbocycles. The fourth-order valence-corrected chi connectivity index (χ4v) is 1.74. The van der Waals surface area contributed by atoms with Crippen LogP contribution in [0.25, 0.3) is 0 Å². The van der Waals surface area contributed by atoms with Gasteiger partial charge in [0.2, 0.25) is 0 Å². The minimum absolute atomic E-state index is 0.133. The number of aliphatic hydroxyl groups excluding tert-OH is 1. The van der Waals surface area contributed by atoms with Crippen molar-refractivity contribution in [2.24, 2.45) is 0 Å². The molecular weight excluding hydrogens is 228 g/mol. The Morgan fingerprint density at radius 1 is 1.56 bits per heavy atom. The van der Waals surface area contributed by atoms with Crippen molar-refractivity contribution in [2.75, 3.05) is 26.7 Å². The molecule has 0 aliphatic rings. The highest BCUT2D eigenvalue weighted by Gasteiger charge is 2.05. The van der Waals surface area contributed by atoms with Crippen LogP contribution in [0, 0.1) is 0 Å². The summed E-state index contributed by atoms with van der Waals surface area (Å²) in [6, 6.07) is 0.638. The molecule has 1 unspecified atom stereocenters. The normalized spacial score (nSPS) is 13.2. The van der Waals surface area contributed by atoms with E-state index in [0.29, 0.717) is 12.6 Å². The molecule has 1 atom stereocenters. The van der Waals surface area contributed by atoms with Crippen LogP contribution in [-0.4, -0.2) is 52.6 Å². The molecule has 0 saturated heterocycles. The quantitative estimate of drug-likeness (QED) is 0.637. The van der Waals surface area contributed by atoms with Gasteiger partial charge in [-0.15, -0.1) is 0 Å². The highest BCUT2D eigenvalue weighted by Crippen LogP contribution is 1.99. The first-order chi connectivity index (χ1) is 8.67. The Kier molecular flexibility index (Phi) is 6.93. The summed E-state index contributed by atoms with van der Waals surface area (Å²) in [5.74, 6) is 0. The van der Waals surface area contributed by atoms with Gasteiger partial charge in [0.05, 0.1) is 19.3 Å². The van der Waals surface area contributed by atoms with Crippen LogP contribution in [0.3, 0.4) is 0 Å². The van der Waals surface area contributed by atoms with Gasteiger partial charge in [0.15, 0.2) is 0 Å². The fraction of sp³-hybridized carbons (Fsp3) is 0.769. The summed E-state index contributed by atoms with van der Waals surface area (Å²) in [5, 5.41) is 16.4. The summed E-state index contributed by atoms with van der Waals surface area (Å²) in [7, 11) is 2.16. The maximum atomic E-state index is 8.80. The summed E-state index contributed by atoms with van der Waals surface area (Å²) >= 11 is 0. The molecule has 0 radical (unpaired) electrons. The van der Waals surface area contributed by atoms with Crippen molar-refractivity contribution in [1.82, 2.24) is 20.0 Å². The van der Waals surface area contributed by atoms with E-state index in [1.165, 1.54) is 6.42 Å². The first-order valence-corrected chi connectivity index (χ1v) is 6.70. The van der Waals surface area contributed by atoms with E-state index in [1.807, 2.05) is 12.4 Å². The van der Waals surface area contributed by atoms with E-state index in [0.717, 1.165) is 25.2 Å². The fourth-order valence-electron chi connectivity index (χ4n) is 1.74. The number of rotatable bonds is 9. The third kappa shape index (κ3) is 5.16. The van der Waals surface area contributed by atoms with Crippen molar-refractivity contribution in [3.63, 3.8) is 0 Å². The van der Waals surface area contributed by atoms with Crippen molar-refractivity contribution < 1.29 is 5.11 Å². The Balaban J connectivity index is 2.17. The van der Waals surface area contributed by atoms with Gasteiger partial charge in [0.1, 0.15) is 0 Å². The van der Waals surface area contributed by atoms with Gasteiger partial charge in [-0.2, -0.15) is 5.10 Å². The van der Waals surface area contributed by atoms with Gasteiger partial charge in [-0.3, -0.25) is 4.68 Å². The van der Waals surface area contributed by atoms with Crippen LogP contribution in [0.5, 0.6) is 0 Å². The smallest absolute Gasteiger partial charge is 0.0640 e. The van der Waals surface area contributed by atoms with E-state index in [-0.39, 0.29) is 6.61 Å². The van der Waals surface area contributed by atoms with Crippen molar-refractivity contribution in [3.05, 3.63) is 18.0 Å². The minimum Gasteiger partial charge on any atom is -0.394 e. The third-order valence-electron chi connectivity index (χ3n) is 3.33. The van der Waals surface area contributed by atoms with Gasteiger partial charge < -0.3 is 15.3 Å². The van der Waals surface area contributed by atoms with E-state index >= 15 is 0 Å². The monoisotopic (exact) mass is 254 g/mol. The van der Waals surface area contributed by atoms with Gasteiger partial charge in [-0.05, 0) is 20.4 Å². The number of nitrogens with one attached hydrogen (secondary N) is 1. The van der Waals surface area contributed by atoms with Gasteiger partial charge >= 0.3 is 0 Å². The number of aromatic nitrogens is 2. The molecule has 1 aromatic rings. The van der Waals surface area contributed by atoms with Gasteiger partial charge in [0, 0.05) is 37.4 Å². The molecule has 0 saturated carbocycles. The molecule has 0 bridgehead atoms. The van der Waals surface area contributed by atoms with Crippen LogP contribution >= 0.6 is 0 Å². The van der Waals surface area contributed by atoms with Crippen molar-refractivity contribution in [3.8, 4) is 0 Å². The molecule has 0 fully saturated rings. The highest BCUT2D eigenvalue weighted by molar-refractivity contribution is 5.03. The Labute approximate surface area is 110 Å². The summed E-state index contributed by atoms with van der Waals surface area (Å²) < 4.78 is 1.77. The van der Waals surface area contributed by atoms with Crippen LogP contribution in [0.2, 0.25) is 0 Å². The Bertz CT molecular complexity index is 327. The zero-order valence-corrected chi connectivity index (χ0v) is 11.8. The Hall–Kier alpha value is -0.910. The maximum Gasteiger partial charge on any atom is 0.0640 e. The second-order valence-corrected chi connectivity index (χ2v) is 4.75. The number of likely N-dealkylation sites (N-methyl/N-ethyl adjacent to an activating group) is 1. The van der Waals surface area contributed by atoms with Crippen LogP contribution in [-0.2, 0) is 13.1 Å². The Morgan fingerprint density at radius 2 is 2.33 bits per heavy atom.